The standard InChI is InChI=1S/C27H33Cl2N2O3.BrH/c1-31(2,15-16-33-22-13-14-24(28)25(29)17-22)19-23-18-26(30-34-23)27(32,20-9-5-3-6-10-20)21-11-7-4-8-12-21;/h3,5-6,9-10,13-14,17-18,21,32H,4,7-8,11-12,15-16,19H2,1-2H3;1H/q+1;/p-1. The number of nitrogens with zero attached hydrogens (tertiary/aromatic N) is 2. The lowest BCUT2D eigenvalue weighted by Gasteiger charge is -2.37. The number of aromatic nitrogens is 1. The van der Waals surface area contributed by atoms with Crippen LogP contribution in [0.1, 0.15) is 49.1 Å². The maximum atomic E-state index is 12.0. The fourth-order valence-electron chi connectivity index (χ4n) is 4.85. The smallest absolute Gasteiger partial charge is 0.191 e. The summed E-state index contributed by atoms with van der Waals surface area (Å²) in [4.78, 5) is 0. The highest BCUT2D eigenvalue weighted by Crippen LogP contribution is 2.43. The van der Waals surface area contributed by atoms with Crippen LogP contribution in [0.3, 0.4) is 0 Å². The molecule has 0 aliphatic heterocycles. The minimum atomic E-state index is -1.14. The molecule has 8 heteroatoms. The first kappa shape index (κ1) is 28.0. The van der Waals surface area contributed by atoms with Crippen molar-refractivity contribution in [3.05, 3.63) is 81.7 Å². The van der Waals surface area contributed by atoms with Gasteiger partial charge in [0.2, 0.25) is 0 Å². The highest BCUT2D eigenvalue weighted by Gasteiger charge is 2.43. The van der Waals surface area contributed by atoms with Crippen molar-refractivity contribution in [3.63, 3.8) is 0 Å². The van der Waals surface area contributed by atoms with E-state index >= 15 is 0 Å². The number of likely N-dealkylation sites (N-methyl/N-ethyl adjacent to an activating group) is 1. The van der Waals surface area contributed by atoms with E-state index in [0.29, 0.717) is 39.1 Å². The highest BCUT2D eigenvalue weighted by molar-refractivity contribution is 6.42. The predicted molar refractivity (Wildman–Crippen MR) is 135 cm³/mol. The molecule has 3 aromatic rings. The highest BCUT2D eigenvalue weighted by atomic mass is 79.9. The van der Waals surface area contributed by atoms with Gasteiger partial charge in [-0.25, -0.2) is 0 Å². The Kier molecular flexibility index (Phi) is 9.69. The van der Waals surface area contributed by atoms with E-state index in [4.69, 9.17) is 32.5 Å². The van der Waals surface area contributed by atoms with Crippen LogP contribution in [0.15, 0.2) is 59.1 Å². The summed E-state index contributed by atoms with van der Waals surface area (Å²) in [5.41, 5.74) is 0.343. The minimum absolute atomic E-state index is 0. The normalized spacial score (nSPS) is 16.4. The van der Waals surface area contributed by atoms with Gasteiger partial charge in [-0.3, -0.25) is 0 Å². The molecule has 1 unspecified atom stereocenters. The molecule has 1 atom stereocenters. The molecule has 1 heterocycles. The van der Waals surface area contributed by atoms with Gasteiger partial charge in [-0.15, -0.1) is 0 Å². The molecule has 190 valence electrons. The number of hydrogen-bond acceptors (Lipinski definition) is 4. The van der Waals surface area contributed by atoms with Crippen LogP contribution in [-0.2, 0) is 12.1 Å². The molecule has 1 saturated carbocycles. The van der Waals surface area contributed by atoms with Crippen molar-refractivity contribution in [2.75, 3.05) is 27.2 Å². The van der Waals surface area contributed by atoms with Crippen LogP contribution in [0.2, 0.25) is 10.0 Å². The Morgan fingerprint density at radius 3 is 2.43 bits per heavy atom. The third-order valence-electron chi connectivity index (χ3n) is 6.80. The van der Waals surface area contributed by atoms with Gasteiger partial charge in [-0.05, 0) is 36.5 Å². The molecule has 0 amide bonds. The molecule has 1 N–H and O–H groups in total. The molecule has 1 aliphatic rings. The van der Waals surface area contributed by atoms with E-state index in [-0.39, 0.29) is 22.9 Å². The zero-order valence-electron chi connectivity index (χ0n) is 20.2. The maximum Gasteiger partial charge on any atom is 0.191 e. The number of aliphatic hydroxyl groups is 1. The average molecular weight is 584 g/mol. The van der Waals surface area contributed by atoms with Crippen LogP contribution in [0.4, 0.5) is 0 Å². The lowest BCUT2D eigenvalue weighted by molar-refractivity contribution is -0.904. The summed E-state index contributed by atoms with van der Waals surface area (Å²) in [5, 5.41) is 17.4. The Morgan fingerprint density at radius 1 is 1.03 bits per heavy atom. The molecule has 2 aromatic carbocycles. The quantitative estimate of drug-likeness (QED) is 0.392. The summed E-state index contributed by atoms with van der Waals surface area (Å²) < 4.78 is 12.3. The van der Waals surface area contributed by atoms with Crippen LogP contribution in [0, 0.1) is 5.92 Å². The van der Waals surface area contributed by atoms with Crippen molar-refractivity contribution in [1.29, 1.82) is 0 Å². The van der Waals surface area contributed by atoms with E-state index in [2.05, 4.69) is 19.3 Å². The summed E-state index contributed by atoms with van der Waals surface area (Å²) in [6, 6.07) is 17.1. The van der Waals surface area contributed by atoms with E-state index in [0.717, 1.165) is 43.6 Å². The Balaban J connectivity index is 0.00000342. The fourth-order valence-corrected chi connectivity index (χ4v) is 5.14. The largest absolute Gasteiger partial charge is 1.00 e. The van der Waals surface area contributed by atoms with Crippen molar-refractivity contribution in [3.8, 4) is 5.75 Å². The lowest BCUT2D eigenvalue weighted by atomic mass is 9.71. The van der Waals surface area contributed by atoms with E-state index in [1.807, 2.05) is 42.5 Å². The van der Waals surface area contributed by atoms with Crippen LogP contribution in [-0.4, -0.2) is 42.0 Å². The molecule has 0 spiro atoms. The monoisotopic (exact) mass is 582 g/mol. The molecule has 35 heavy (non-hydrogen) atoms. The van der Waals surface area contributed by atoms with Crippen molar-refractivity contribution < 1.29 is 35.8 Å². The Bertz CT molecular complexity index is 1090. The summed E-state index contributed by atoms with van der Waals surface area (Å²) in [7, 11) is 4.23. The Morgan fingerprint density at radius 2 is 1.74 bits per heavy atom. The number of halogens is 3. The molecule has 0 bridgehead atoms. The van der Waals surface area contributed by atoms with Gasteiger partial charge in [-0.2, -0.15) is 0 Å². The second kappa shape index (κ2) is 12.1. The van der Waals surface area contributed by atoms with Crippen LogP contribution in [0.25, 0.3) is 0 Å². The number of quaternary nitrogens is 1. The van der Waals surface area contributed by atoms with Crippen molar-refractivity contribution in [1.82, 2.24) is 5.16 Å². The van der Waals surface area contributed by atoms with Gasteiger partial charge in [0, 0.05) is 12.1 Å². The molecule has 1 aliphatic carbocycles. The van der Waals surface area contributed by atoms with E-state index in [9.17, 15) is 5.11 Å². The average Bonchev–Trinajstić information content (AvgIpc) is 3.30. The summed E-state index contributed by atoms with van der Waals surface area (Å²) in [6.07, 6.45) is 5.46. The van der Waals surface area contributed by atoms with Gasteiger partial charge in [0.05, 0.1) is 24.1 Å². The zero-order valence-corrected chi connectivity index (χ0v) is 23.3. The van der Waals surface area contributed by atoms with Crippen LogP contribution in [0.5, 0.6) is 5.75 Å². The lowest BCUT2D eigenvalue weighted by Crippen LogP contribution is -3.00. The van der Waals surface area contributed by atoms with Gasteiger partial charge in [0.15, 0.2) is 5.76 Å². The Hall–Kier alpha value is -1.57. The van der Waals surface area contributed by atoms with Gasteiger partial charge in [0.1, 0.15) is 36.7 Å². The molecule has 0 radical (unpaired) electrons. The number of ether oxygens (including phenoxy) is 1. The molecule has 0 saturated heterocycles. The first-order valence-corrected chi connectivity index (χ1v) is 12.7. The molecule has 5 nitrogen and oxygen atoms in total. The molecular formula is C27H33BrCl2N2O3. The number of benzene rings is 2. The van der Waals surface area contributed by atoms with Gasteiger partial charge in [-0.1, -0.05) is 78.0 Å². The predicted octanol–water partition coefficient (Wildman–Crippen LogP) is 3.46. The van der Waals surface area contributed by atoms with Crippen molar-refractivity contribution in [2.24, 2.45) is 5.92 Å². The minimum Gasteiger partial charge on any atom is -1.00 e. The first-order chi connectivity index (χ1) is 16.3. The summed E-state index contributed by atoms with van der Waals surface area (Å²) in [5.74, 6) is 1.57. The second-order valence-corrected chi connectivity index (χ2v) is 10.7. The Labute approximate surface area is 228 Å². The first-order valence-electron chi connectivity index (χ1n) is 11.9. The second-order valence-electron chi connectivity index (χ2n) is 9.89. The number of hydrogen-bond donors (Lipinski definition) is 1. The van der Waals surface area contributed by atoms with E-state index in [1.54, 1.807) is 12.1 Å². The fraction of sp³-hybridized carbons (Fsp3) is 0.444. The molecular weight excluding hydrogens is 551 g/mol. The topological polar surface area (TPSA) is 55.5 Å². The van der Waals surface area contributed by atoms with Crippen LogP contribution < -0.4 is 21.7 Å². The summed E-state index contributed by atoms with van der Waals surface area (Å²) in [6.45, 7) is 1.90. The van der Waals surface area contributed by atoms with Gasteiger partial charge < -0.3 is 35.8 Å². The van der Waals surface area contributed by atoms with Crippen molar-refractivity contribution in [2.45, 2.75) is 44.2 Å². The zero-order chi connectivity index (χ0) is 24.2. The summed E-state index contributed by atoms with van der Waals surface area (Å²) >= 11 is 12.0. The van der Waals surface area contributed by atoms with Crippen molar-refractivity contribution >= 4 is 23.2 Å². The van der Waals surface area contributed by atoms with Gasteiger partial charge >= 0.3 is 0 Å². The number of rotatable bonds is 9. The maximum absolute atomic E-state index is 12.0. The SMILES string of the molecule is C[N+](C)(CCOc1ccc(Cl)c(Cl)c1)Cc1cc(C(O)(c2ccccc2)C2CCCCC2)no1.[Br-]. The van der Waals surface area contributed by atoms with Crippen LogP contribution >= 0.6 is 23.2 Å². The third kappa shape index (κ3) is 6.80. The molecule has 1 fully saturated rings. The third-order valence-corrected chi connectivity index (χ3v) is 7.54. The van der Waals surface area contributed by atoms with E-state index < -0.39 is 5.60 Å². The molecule has 1 aromatic heterocycles. The van der Waals surface area contributed by atoms with E-state index in [1.165, 1.54) is 6.42 Å². The van der Waals surface area contributed by atoms with Gasteiger partial charge in [0.25, 0.3) is 0 Å². The molecule has 4 rings (SSSR count).